The molecule has 1 amide bonds. The predicted molar refractivity (Wildman–Crippen MR) is 81.9 cm³/mol. The van der Waals surface area contributed by atoms with E-state index in [-0.39, 0.29) is 24.9 Å². The molecule has 1 atom stereocenters. The largest absolute Gasteiger partial charge is 0.340 e. The lowest BCUT2D eigenvalue weighted by Crippen LogP contribution is -2.45. The number of nitrogens with two attached hydrogens (primary N) is 1. The van der Waals surface area contributed by atoms with Gasteiger partial charge in [-0.25, -0.2) is 8.78 Å². The maximum atomic E-state index is 12.3. The molecule has 1 aliphatic heterocycles. The summed E-state index contributed by atoms with van der Waals surface area (Å²) in [6.45, 7) is 2.03. The van der Waals surface area contributed by atoms with Gasteiger partial charge in [0.2, 0.25) is 5.91 Å². The zero-order valence-corrected chi connectivity index (χ0v) is 13.4. The van der Waals surface area contributed by atoms with Crippen LogP contribution in [0.15, 0.2) is 0 Å². The van der Waals surface area contributed by atoms with Gasteiger partial charge >= 0.3 is 0 Å². The monoisotopic (exact) mass is 331 g/mol. The molecule has 1 saturated heterocycles. The van der Waals surface area contributed by atoms with Crippen LogP contribution in [-0.4, -0.2) is 72.9 Å². The van der Waals surface area contributed by atoms with Crippen LogP contribution in [0.2, 0.25) is 0 Å². The second-order valence-electron chi connectivity index (χ2n) is 4.76. The summed E-state index contributed by atoms with van der Waals surface area (Å²) in [5, 5.41) is 0. The molecule has 1 aliphatic rings. The minimum atomic E-state index is -2.31. The topological polar surface area (TPSA) is 49.6 Å². The fourth-order valence-corrected chi connectivity index (χ4v) is 2.66. The Hall–Kier alpha value is -0.110. The van der Waals surface area contributed by atoms with Gasteiger partial charge in [-0.1, -0.05) is 0 Å². The van der Waals surface area contributed by atoms with Crippen LogP contribution in [0, 0.1) is 0 Å². The second kappa shape index (κ2) is 10.6. The molecule has 2 N–H and O–H groups in total. The first-order valence-electron chi connectivity index (χ1n) is 6.58. The van der Waals surface area contributed by atoms with E-state index in [9.17, 15) is 13.6 Å². The molecule has 0 radical (unpaired) electrons. The van der Waals surface area contributed by atoms with Crippen molar-refractivity contribution < 1.29 is 13.6 Å². The SMILES string of the molecule is CSCCC(N)C(=O)N1CCCN(CC(F)F)CC1.Cl. The van der Waals surface area contributed by atoms with E-state index >= 15 is 0 Å². The van der Waals surface area contributed by atoms with Gasteiger partial charge in [-0.05, 0) is 24.9 Å². The molecule has 20 heavy (non-hydrogen) atoms. The molecule has 0 aromatic rings. The van der Waals surface area contributed by atoms with E-state index in [1.165, 1.54) is 0 Å². The van der Waals surface area contributed by atoms with Gasteiger partial charge in [-0.15, -0.1) is 12.4 Å². The van der Waals surface area contributed by atoms with E-state index < -0.39 is 12.5 Å². The van der Waals surface area contributed by atoms with Crippen LogP contribution in [0.4, 0.5) is 8.78 Å². The third-order valence-corrected chi connectivity index (χ3v) is 3.89. The van der Waals surface area contributed by atoms with Crippen LogP contribution >= 0.6 is 24.2 Å². The van der Waals surface area contributed by atoms with Gasteiger partial charge in [0.1, 0.15) is 0 Å². The maximum absolute atomic E-state index is 12.3. The van der Waals surface area contributed by atoms with Crippen LogP contribution in [0.3, 0.4) is 0 Å². The molecule has 0 aromatic carbocycles. The van der Waals surface area contributed by atoms with Crippen molar-refractivity contribution in [3.05, 3.63) is 0 Å². The molecule has 1 heterocycles. The summed E-state index contributed by atoms with van der Waals surface area (Å²) in [6, 6.07) is -0.464. The number of halogens is 3. The Morgan fingerprint density at radius 3 is 2.60 bits per heavy atom. The zero-order chi connectivity index (χ0) is 14.3. The highest BCUT2D eigenvalue weighted by atomic mass is 35.5. The fourth-order valence-electron chi connectivity index (χ4n) is 2.17. The van der Waals surface area contributed by atoms with Crippen LogP contribution in [-0.2, 0) is 4.79 Å². The molecule has 1 fully saturated rings. The number of carbonyl (C=O) groups excluding carboxylic acids is 1. The van der Waals surface area contributed by atoms with Crippen molar-refractivity contribution in [2.24, 2.45) is 5.73 Å². The third-order valence-electron chi connectivity index (χ3n) is 3.25. The molecular formula is C12H24ClF2N3OS. The van der Waals surface area contributed by atoms with E-state index in [4.69, 9.17) is 5.73 Å². The van der Waals surface area contributed by atoms with E-state index in [2.05, 4.69) is 0 Å². The molecule has 120 valence electrons. The van der Waals surface area contributed by atoms with Crippen molar-refractivity contribution in [2.45, 2.75) is 25.3 Å². The molecule has 0 saturated carbocycles. The summed E-state index contributed by atoms with van der Waals surface area (Å²) < 4.78 is 24.7. The highest BCUT2D eigenvalue weighted by Gasteiger charge is 2.24. The van der Waals surface area contributed by atoms with Crippen LogP contribution < -0.4 is 5.73 Å². The Kier molecular flexibility index (Phi) is 10.5. The standard InChI is InChI=1S/C12H23F2N3OS.ClH/c1-19-8-3-10(15)12(18)17-5-2-4-16(6-7-17)9-11(13)14;/h10-11H,2-9,15H2,1H3;1H. The lowest BCUT2D eigenvalue weighted by molar-refractivity contribution is -0.132. The van der Waals surface area contributed by atoms with Crippen LogP contribution in [0.5, 0.6) is 0 Å². The molecular weight excluding hydrogens is 308 g/mol. The quantitative estimate of drug-likeness (QED) is 0.797. The summed E-state index contributed by atoms with van der Waals surface area (Å²) in [6.07, 6.45) is 1.06. The lowest BCUT2D eigenvalue weighted by atomic mass is 10.2. The van der Waals surface area contributed by atoms with Gasteiger partial charge in [0, 0.05) is 26.2 Å². The lowest BCUT2D eigenvalue weighted by Gasteiger charge is -2.24. The summed E-state index contributed by atoms with van der Waals surface area (Å²) in [4.78, 5) is 15.5. The van der Waals surface area contributed by atoms with Gasteiger partial charge < -0.3 is 10.6 Å². The highest BCUT2D eigenvalue weighted by Crippen LogP contribution is 2.09. The summed E-state index contributed by atoms with van der Waals surface area (Å²) in [5.41, 5.74) is 5.86. The van der Waals surface area contributed by atoms with Crippen molar-refractivity contribution >= 4 is 30.1 Å². The number of alkyl halides is 2. The first kappa shape index (κ1) is 19.9. The van der Waals surface area contributed by atoms with Crippen molar-refractivity contribution in [1.29, 1.82) is 0 Å². The first-order valence-corrected chi connectivity index (χ1v) is 7.97. The van der Waals surface area contributed by atoms with Gasteiger partial charge in [-0.3, -0.25) is 9.69 Å². The summed E-state index contributed by atoms with van der Waals surface area (Å²) >= 11 is 1.66. The Morgan fingerprint density at radius 2 is 2.00 bits per heavy atom. The van der Waals surface area contributed by atoms with Crippen molar-refractivity contribution in [1.82, 2.24) is 9.80 Å². The smallest absolute Gasteiger partial charge is 0.251 e. The Morgan fingerprint density at radius 1 is 1.30 bits per heavy atom. The summed E-state index contributed by atoms with van der Waals surface area (Å²) in [5.74, 6) is 0.811. The van der Waals surface area contributed by atoms with Gasteiger partial charge in [0.05, 0.1) is 12.6 Å². The molecule has 1 rings (SSSR count). The molecule has 0 aromatic heterocycles. The van der Waals surface area contributed by atoms with E-state index in [1.807, 2.05) is 6.26 Å². The van der Waals surface area contributed by atoms with E-state index in [0.29, 0.717) is 32.6 Å². The third kappa shape index (κ3) is 7.06. The summed E-state index contributed by atoms with van der Waals surface area (Å²) in [7, 11) is 0. The van der Waals surface area contributed by atoms with Crippen molar-refractivity contribution in [3.8, 4) is 0 Å². The Bertz CT molecular complexity index is 287. The van der Waals surface area contributed by atoms with Crippen molar-refractivity contribution in [3.63, 3.8) is 0 Å². The molecule has 0 aliphatic carbocycles. The molecule has 0 spiro atoms. The Labute approximate surface area is 129 Å². The van der Waals surface area contributed by atoms with E-state index in [0.717, 1.165) is 12.2 Å². The average molecular weight is 332 g/mol. The zero-order valence-electron chi connectivity index (χ0n) is 11.8. The molecule has 1 unspecified atom stereocenters. The predicted octanol–water partition coefficient (Wildman–Crippen LogP) is 1.29. The number of nitrogens with zero attached hydrogens (tertiary/aromatic N) is 2. The fraction of sp³-hybridized carbons (Fsp3) is 0.917. The average Bonchev–Trinajstić information content (AvgIpc) is 2.60. The molecule has 0 bridgehead atoms. The molecule has 8 heteroatoms. The first-order chi connectivity index (χ1) is 9.04. The Balaban J connectivity index is 0.00000361. The number of hydrogen-bond donors (Lipinski definition) is 1. The van der Waals surface area contributed by atoms with Crippen molar-refractivity contribution in [2.75, 3.05) is 44.7 Å². The van der Waals surface area contributed by atoms with Crippen LogP contribution in [0.25, 0.3) is 0 Å². The normalized spacial score (nSPS) is 18.6. The highest BCUT2D eigenvalue weighted by molar-refractivity contribution is 7.98. The maximum Gasteiger partial charge on any atom is 0.251 e. The minimum Gasteiger partial charge on any atom is -0.340 e. The number of hydrogen-bond acceptors (Lipinski definition) is 4. The van der Waals surface area contributed by atoms with E-state index in [1.54, 1.807) is 21.6 Å². The van der Waals surface area contributed by atoms with Gasteiger partial charge in [0.25, 0.3) is 6.43 Å². The van der Waals surface area contributed by atoms with Crippen LogP contribution in [0.1, 0.15) is 12.8 Å². The van der Waals surface area contributed by atoms with Gasteiger partial charge in [0.15, 0.2) is 0 Å². The number of thioether (sulfide) groups is 1. The minimum absolute atomic E-state index is 0. The number of amides is 1. The second-order valence-corrected chi connectivity index (χ2v) is 5.74. The molecule has 4 nitrogen and oxygen atoms in total. The number of rotatable bonds is 6. The van der Waals surface area contributed by atoms with Gasteiger partial charge in [-0.2, -0.15) is 11.8 Å². The number of carbonyl (C=O) groups is 1.